The van der Waals surface area contributed by atoms with E-state index in [2.05, 4.69) is 17.2 Å². The van der Waals surface area contributed by atoms with Crippen molar-refractivity contribution in [3.63, 3.8) is 0 Å². The van der Waals surface area contributed by atoms with Gasteiger partial charge in [0.05, 0.1) is 6.04 Å². The fraction of sp³-hybridized carbons (Fsp3) is 0.286. The minimum absolute atomic E-state index is 0.0876. The highest BCUT2D eigenvalue weighted by molar-refractivity contribution is 7.11. The first-order valence-electron chi connectivity index (χ1n) is 6.21. The Kier molecular flexibility index (Phi) is 4.16. The van der Waals surface area contributed by atoms with Gasteiger partial charge in [0.25, 0.3) is 5.91 Å². The largest absolute Gasteiger partial charge is 0.399 e. The quantitative estimate of drug-likeness (QED) is 0.843. The summed E-state index contributed by atoms with van der Waals surface area (Å²) in [5, 5.41) is 3.87. The summed E-state index contributed by atoms with van der Waals surface area (Å²) in [4.78, 5) is 17.6. The van der Waals surface area contributed by atoms with Crippen LogP contribution in [-0.4, -0.2) is 10.9 Å². The maximum absolute atomic E-state index is 12.0. The van der Waals surface area contributed by atoms with Crippen LogP contribution in [0.2, 0.25) is 0 Å². The van der Waals surface area contributed by atoms with Gasteiger partial charge in [-0.15, -0.1) is 11.3 Å². The van der Waals surface area contributed by atoms with E-state index in [1.54, 1.807) is 35.6 Å². The summed E-state index contributed by atoms with van der Waals surface area (Å²) in [5.74, 6) is -0.110. The Morgan fingerprint density at radius 3 is 2.68 bits per heavy atom. The predicted octanol–water partition coefficient (Wildman–Crippen LogP) is 2.78. The first kappa shape index (κ1) is 13.5. The van der Waals surface area contributed by atoms with Gasteiger partial charge in [-0.1, -0.05) is 6.92 Å². The third-order valence-corrected chi connectivity index (χ3v) is 4.14. The van der Waals surface area contributed by atoms with Gasteiger partial charge in [-0.25, -0.2) is 4.98 Å². The molecule has 100 valence electrons. The highest BCUT2D eigenvalue weighted by atomic mass is 32.1. The second kappa shape index (κ2) is 5.84. The average Bonchev–Trinajstić information content (AvgIpc) is 2.88. The van der Waals surface area contributed by atoms with Gasteiger partial charge in [-0.05, 0) is 37.6 Å². The topological polar surface area (TPSA) is 68.0 Å². The van der Waals surface area contributed by atoms with Crippen LogP contribution in [0.3, 0.4) is 0 Å². The van der Waals surface area contributed by atoms with Crippen LogP contribution in [0.5, 0.6) is 0 Å². The summed E-state index contributed by atoms with van der Waals surface area (Å²) < 4.78 is 0. The van der Waals surface area contributed by atoms with E-state index >= 15 is 0 Å². The molecule has 0 radical (unpaired) electrons. The van der Waals surface area contributed by atoms with Crippen molar-refractivity contribution in [3.8, 4) is 0 Å². The van der Waals surface area contributed by atoms with Gasteiger partial charge in [-0.3, -0.25) is 4.79 Å². The van der Waals surface area contributed by atoms with Crippen molar-refractivity contribution in [2.75, 3.05) is 5.73 Å². The smallest absolute Gasteiger partial charge is 0.251 e. The van der Waals surface area contributed by atoms with Gasteiger partial charge in [0.2, 0.25) is 0 Å². The number of rotatable bonds is 4. The molecule has 5 heteroatoms. The lowest BCUT2D eigenvalue weighted by Crippen LogP contribution is -2.26. The number of amides is 1. The molecule has 1 aromatic heterocycles. The second-order valence-corrected chi connectivity index (χ2v) is 5.48. The summed E-state index contributed by atoms with van der Waals surface area (Å²) in [5.41, 5.74) is 6.85. The maximum Gasteiger partial charge on any atom is 0.251 e. The van der Waals surface area contributed by atoms with E-state index < -0.39 is 0 Å². The van der Waals surface area contributed by atoms with Crippen molar-refractivity contribution in [2.45, 2.75) is 26.3 Å². The van der Waals surface area contributed by atoms with Gasteiger partial charge in [0.15, 0.2) is 0 Å². The highest BCUT2D eigenvalue weighted by Gasteiger charge is 2.14. The zero-order valence-electron chi connectivity index (χ0n) is 11.0. The Morgan fingerprint density at radius 1 is 1.42 bits per heavy atom. The predicted molar refractivity (Wildman–Crippen MR) is 78.2 cm³/mol. The molecule has 1 amide bonds. The number of hydrogen-bond donors (Lipinski definition) is 2. The lowest BCUT2D eigenvalue weighted by Gasteiger charge is -2.11. The summed E-state index contributed by atoms with van der Waals surface area (Å²) in [6.45, 7) is 4.03. The Hall–Kier alpha value is -1.88. The number of aromatic nitrogens is 1. The van der Waals surface area contributed by atoms with Gasteiger partial charge < -0.3 is 11.1 Å². The molecule has 0 spiro atoms. The fourth-order valence-electron chi connectivity index (χ4n) is 1.66. The Labute approximate surface area is 116 Å². The van der Waals surface area contributed by atoms with Crippen LogP contribution in [0.25, 0.3) is 0 Å². The van der Waals surface area contributed by atoms with Gasteiger partial charge in [0, 0.05) is 22.3 Å². The normalized spacial score (nSPS) is 12.1. The number of nitrogens with two attached hydrogens (primary N) is 1. The van der Waals surface area contributed by atoms with Crippen LogP contribution in [0.4, 0.5) is 5.69 Å². The van der Waals surface area contributed by atoms with E-state index in [1.807, 2.05) is 13.1 Å². The molecule has 1 unspecified atom stereocenters. The van der Waals surface area contributed by atoms with Crippen LogP contribution in [0, 0.1) is 0 Å². The minimum Gasteiger partial charge on any atom is -0.399 e. The molecule has 0 fully saturated rings. The second-order valence-electron chi connectivity index (χ2n) is 4.34. The van der Waals surface area contributed by atoms with E-state index in [9.17, 15) is 4.79 Å². The lowest BCUT2D eigenvalue weighted by atomic mass is 10.2. The third-order valence-electron chi connectivity index (χ3n) is 2.81. The molecule has 4 nitrogen and oxygen atoms in total. The van der Waals surface area contributed by atoms with Gasteiger partial charge in [-0.2, -0.15) is 0 Å². The van der Waals surface area contributed by atoms with Crippen LogP contribution in [-0.2, 0) is 6.42 Å². The van der Waals surface area contributed by atoms with E-state index in [4.69, 9.17) is 5.73 Å². The first-order valence-corrected chi connectivity index (χ1v) is 7.02. The van der Waals surface area contributed by atoms with Crippen molar-refractivity contribution in [2.24, 2.45) is 0 Å². The number of aryl methyl sites for hydroxylation is 1. The Morgan fingerprint density at radius 2 is 2.11 bits per heavy atom. The number of benzene rings is 1. The van der Waals surface area contributed by atoms with E-state index in [0.29, 0.717) is 11.3 Å². The minimum atomic E-state index is -0.110. The number of carbonyl (C=O) groups is 1. The first-order chi connectivity index (χ1) is 9.10. The summed E-state index contributed by atoms with van der Waals surface area (Å²) >= 11 is 1.63. The summed E-state index contributed by atoms with van der Waals surface area (Å²) in [7, 11) is 0. The van der Waals surface area contributed by atoms with Crippen LogP contribution >= 0.6 is 11.3 Å². The summed E-state index contributed by atoms with van der Waals surface area (Å²) in [6, 6.07) is 6.79. The Balaban J connectivity index is 2.04. The average molecular weight is 275 g/mol. The fourth-order valence-corrected chi connectivity index (χ4v) is 2.52. The van der Waals surface area contributed by atoms with E-state index in [-0.39, 0.29) is 11.9 Å². The number of hydrogen-bond acceptors (Lipinski definition) is 4. The number of thiazole rings is 1. The van der Waals surface area contributed by atoms with Crippen molar-refractivity contribution in [1.29, 1.82) is 0 Å². The lowest BCUT2D eigenvalue weighted by molar-refractivity contribution is 0.0940. The molecule has 2 rings (SSSR count). The number of nitrogens with zero attached hydrogens (tertiary/aromatic N) is 1. The highest BCUT2D eigenvalue weighted by Crippen LogP contribution is 2.20. The van der Waals surface area contributed by atoms with Crippen LogP contribution in [0.15, 0.2) is 30.5 Å². The van der Waals surface area contributed by atoms with Gasteiger partial charge in [0.1, 0.15) is 5.01 Å². The van der Waals surface area contributed by atoms with Crippen LogP contribution in [0.1, 0.15) is 40.1 Å². The Bertz CT molecular complexity index is 562. The maximum atomic E-state index is 12.0. The van der Waals surface area contributed by atoms with E-state index in [0.717, 1.165) is 11.4 Å². The number of anilines is 1. The molecule has 1 atom stereocenters. The van der Waals surface area contributed by atoms with Gasteiger partial charge >= 0.3 is 0 Å². The zero-order chi connectivity index (χ0) is 13.8. The molecular formula is C14H17N3OS. The monoisotopic (exact) mass is 275 g/mol. The van der Waals surface area contributed by atoms with Crippen molar-refractivity contribution in [1.82, 2.24) is 10.3 Å². The molecule has 0 saturated heterocycles. The molecule has 19 heavy (non-hydrogen) atoms. The third kappa shape index (κ3) is 3.32. The molecule has 1 aromatic carbocycles. The number of nitrogen functional groups attached to an aromatic ring is 1. The van der Waals surface area contributed by atoms with Crippen LogP contribution < -0.4 is 11.1 Å². The molecule has 0 aliphatic carbocycles. The van der Waals surface area contributed by atoms with E-state index in [1.165, 1.54) is 4.88 Å². The molecule has 1 heterocycles. The molecule has 0 aliphatic heterocycles. The molecule has 3 N–H and O–H groups in total. The van der Waals surface area contributed by atoms with Crippen molar-refractivity contribution in [3.05, 3.63) is 45.9 Å². The molecule has 0 saturated carbocycles. The molecule has 0 bridgehead atoms. The van der Waals surface area contributed by atoms with Crippen molar-refractivity contribution < 1.29 is 4.79 Å². The molecule has 0 aliphatic rings. The summed E-state index contributed by atoms with van der Waals surface area (Å²) in [6.07, 6.45) is 2.84. The zero-order valence-corrected chi connectivity index (χ0v) is 11.8. The number of nitrogens with one attached hydrogen (secondary N) is 1. The molecular weight excluding hydrogens is 258 g/mol. The standard InChI is InChI=1S/C14H17N3OS/c1-3-12-8-16-14(19-12)9(2)17-13(18)10-4-6-11(15)7-5-10/h4-9H,3,15H2,1-2H3,(H,17,18). The van der Waals surface area contributed by atoms with Crippen molar-refractivity contribution >= 4 is 22.9 Å². The SMILES string of the molecule is CCc1cnc(C(C)NC(=O)c2ccc(N)cc2)s1. The molecule has 2 aromatic rings. The number of carbonyl (C=O) groups excluding carboxylic acids is 1.